The summed E-state index contributed by atoms with van der Waals surface area (Å²) < 4.78 is 0. The molecule has 21 heavy (non-hydrogen) atoms. The van der Waals surface area contributed by atoms with Crippen LogP contribution in [0.25, 0.3) is 0 Å². The summed E-state index contributed by atoms with van der Waals surface area (Å²) in [5.41, 5.74) is 0. The second kappa shape index (κ2) is 8.35. The molecular weight excluding hydrogens is 280 g/mol. The summed E-state index contributed by atoms with van der Waals surface area (Å²) >= 11 is 1.73. The maximum atomic E-state index is 12.2. The van der Waals surface area contributed by atoms with Crippen molar-refractivity contribution in [2.75, 3.05) is 13.1 Å². The van der Waals surface area contributed by atoms with Crippen LogP contribution in [0.3, 0.4) is 0 Å². The molecule has 0 aromatic carbocycles. The van der Waals surface area contributed by atoms with Gasteiger partial charge in [-0.2, -0.15) is 0 Å². The molecule has 0 atom stereocenters. The van der Waals surface area contributed by atoms with Gasteiger partial charge in [0.1, 0.15) is 0 Å². The first-order valence-corrected chi connectivity index (χ1v) is 8.70. The van der Waals surface area contributed by atoms with E-state index >= 15 is 0 Å². The second-order valence-electron chi connectivity index (χ2n) is 6.06. The molecule has 0 bridgehead atoms. The van der Waals surface area contributed by atoms with Crippen LogP contribution in [0.1, 0.15) is 37.5 Å². The summed E-state index contributed by atoms with van der Waals surface area (Å²) in [5, 5.41) is 5.27. The lowest BCUT2D eigenvalue weighted by molar-refractivity contribution is -0.123. The standard InChI is InChI=1S/C17H26N2OS/c1-3-10-19(12-16-5-4-11-21-16)13-17(20)18-15-8-6-14(2)7-9-15/h3-5,11,14-15H,1,6-10,12-13H2,2H3,(H,18,20). The molecule has 1 aliphatic carbocycles. The van der Waals surface area contributed by atoms with Crippen LogP contribution in [0.5, 0.6) is 0 Å². The van der Waals surface area contributed by atoms with Gasteiger partial charge in [0.2, 0.25) is 5.91 Å². The highest BCUT2D eigenvalue weighted by Crippen LogP contribution is 2.23. The molecule has 1 aliphatic rings. The van der Waals surface area contributed by atoms with E-state index in [0.717, 1.165) is 31.8 Å². The van der Waals surface area contributed by atoms with E-state index in [1.54, 1.807) is 11.3 Å². The summed E-state index contributed by atoms with van der Waals surface area (Å²) in [5.74, 6) is 0.960. The van der Waals surface area contributed by atoms with Gasteiger partial charge in [0.25, 0.3) is 0 Å². The number of hydrogen-bond donors (Lipinski definition) is 1. The number of carbonyl (C=O) groups excluding carboxylic acids is 1. The minimum atomic E-state index is 0.146. The smallest absolute Gasteiger partial charge is 0.234 e. The van der Waals surface area contributed by atoms with Crippen LogP contribution < -0.4 is 5.32 Å². The Hall–Kier alpha value is -1.13. The van der Waals surface area contributed by atoms with Crippen LogP contribution >= 0.6 is 11.3 Å². The number of nitrogens with one attached hydrogen (secondary N) is 1. The van der Waals surface area contributed by atoms with E-state index < -0.39 is 0 Å². The molecule has 4 heteroatoms. The van der Waals surface area contributed by atoms with E-state index in [2.05, 4.69) is 41.2 Å². The van der Waals surface area contributed by atoms with Crippen LogP contribution in [0.2, 0.25) is 0 Å². The normalized spacial score (nSPS) is 22.2. The quantitative estimate of drug-likeness (QED) is 0.783. The van der Waals surface area contributed by atoms with Crippen molar-refractivity contribution in [3.05, 3.63) is 35.0 Å². The van der Waals surface area contributed by atoms with Gasteiger partial charge in [-0.1, -0.05) is 19.1 Å². The zero-order valence-corrected chi connectivity index (χ0v) is 13.7. The molecule has 116 valence electrons. The third-order valence-corrected chi connectivity index (χ3v) is 4.96. The first kappa shape index (κ1) is 16.2. The molecule has 1 fully saturated rings. The number of rotatable bonds is 7. The molecular formula is C17H26N2OS. The van der Waals surface area contributed by atoms with Gasteiger partial charge in [0.05, 0.1) is 6.54 Å². The van der Waals surface area contributed by atoms with Crippen LogP contribution in [-0.2, 0) is 11.3 Å². The van der Waals surface area contributed by atoms with Gasteiger partial charge >= 0.3 is 0 Å². The zero-order valence-electron chi connectivity index (χ0n) is 12.9. The van der Waals surface area contributed by atoms with Gasteiger partial charge in [0, 0.05) is 24.0 Å². The number of amides is 1. The molecule has 0 aliphatic heterocycles. The molecule has 2 rings (SSSR count). The summed E-state index contributed by atoms with van der Waals surface area (Å²) in [6.45, 7) is 8.10. The summed E-state index contributed by atoms with van der Waals surface area (Å²) in [4.78, 5) is 15.6. The lowest BCUT2D eigenvalue weighted by atomic mass is 9.87. The van der Waals surface area contributed by atoms with E-state index in [4.69, 9.17) is 0 Å². The molecule has 1 aromatic heterocycles. The first-order valence-electron chi connectivity index (χ1n) is 7.82. The molecule has 1 amide bonds. The maximum Gasteiger partial charge on any atom is 0.234 e. The van der Waals surface area contributed by atoms with E-state index in [-0.39, 0.29) is 5.91 Å². The minimum absolute atomic E-state index is 0.146. The van der Waals surface area contributed by atoms with Gasteiger partial charge < -0.3 is 5.32 Å². The van der Waals surface area contributed by atoms with Crippen LogP contribution in [-0.4, -0.2) is 29.9 Å². The predicted octanol–water partition coefficient (Wildman–Crippen LogP) is 3.43. The topological polar surface area (TPSA) is 32.3 Å². The first-order chi connectivity index (χ1) is 10.2. The number of carbonyl (C=O) groups is 1. The van der Waals surface area contributed by atoms with Gasteiger partial charge in [-0.15, -0.1) is 17.9 Å². The van der Waals surface area contributed by atoms with E-state index in [1.807, 2.05) is 6.08 Å². The Balaban J connectivity index is 1.79. The highest BCUT2D eigenvalue weighted by Gasteiger charge is 2.20. The van der Waals surface area contributed by atoms with Crippen LogP contribution in [0.15, 0.2) is 30.2 Å². The van der Waals surface area contributed by atoms with Crippen LogP contribution in [0, 0.1) is 5.92 Å². The number of nitrogens with zero attached hydrogens (tertiary/aromatic N) is 1. The van der Waals surface area contributed by atoms with Crippen LogP contribution in [0.4, 0.5) is 0 Å². The molecule has 0 unspecified atom stereocenters. The summed E-state index contributed by atoms with van der Waals surface area (Å²) in [7, 11) is 0. The Labute approximate surface area is 132 Å². The van der Waals surface area contributed by atoms with Crippen molar-refractivity contribution >= 4 is 17.2 Å². The fourth-order valence-electron chi connectivity index (χ4n) is 2.87. The number of hydrogen-bond acceptors (Lipinski definition) is 3. The minimum Gasteiger partial charge on any atom is -0.352 e. The molecule has 0 saturated heterocycles. The average Bonchev–Trinajstić information content (AvgIpc) is 2.94. The highest BCUT2D eigenvalue weighted by atomic mass is 32.1. The fraction of sp³-hybridized carbons (Fsp3) is 0.588. The average molecular weight is 306 g/mol. The third-order valence-electron chi connectivity index (χ3n) is 4.10. The van der Waals surface area contributed by atoms with E-state index in [1.165, 1.54) is 17.7 Å². The number of thiophene rings is 1. The Morgan fingerprint density at radius 3 is 2.86 bits per heavy atom. The van der Waals surface area contributed by atoms with Gasteiger partial charge in [-0.05, 0) is 43.0 Å². The molecule has 1 N–H and O–H groups in total. The molecule has 0 radical (unpaired) electrons. The monoisotopic (exact) mass is 306 g/mol. The Kier molecular flexibility index (Phi) is 6.46. The molecule has 1 saturated carbocycles. The van der Waals surface area contributed by atoms with Gasteiger partial charge in [0.15, 0.2) is 0 Å². The van der Waals surface area contributed by atoms with E-state index in [0.29, 0.717) is 12.6 Å². The van der Waals surface area contributed by atoms with Crippen molar-refractivity contribution < 1.29 is 4.79 Å². The Bertz CT molecular complexity index is 436. The zero-order chi connectivity index (χ0) is 15.1. The predicted molar refractivity (Wildman–Crippen MR) is 89.4 cm³/mol. The van der Waals surface area contributed by atoms with Crippen molar-refractivity contribution in [3.63, 3.8) is 0 Å². The Morgan fingerprint density at radius 1 is 1.48 bits per heavy atom. The van der Waals surface area contributed by atoms with Crippen molar-refractivity contribution in [1.82, 2.24) is 10.2 Å². The molecule has 1 aromatic rings. The van der Waals surface area contributed by atoms with Crippen molar-refractivity contribution in [1.29, 1.82) is 0 Å². The largest absolute Gasteiger partial charge is 0.352 e. The summed E-state index contributed by atoms with van der Waals surface area (Å²) in [6, 6.07) is 4.54. The fourth-order valence-corrected chi connectivity index (χ4v) is 3.62. The maximum absolute atomic E-state index is 12.2. The highest BCUT2D eigenvalue weighted by molar-refractivity contribution is 7.09. The third kappa shape index (κ3) is 5.64. The molecule has 0 spiro atoms. The van der Waals surface area contributed by atoms with Crippen molar-refractivity contribution in [2.24, 2.45) is 5.92 Å². The van der Waals surface area contributed by atoms with E-state index in [9.17, 15) is 4.79 Å². The van der Waals surface area contributed by atoms with Crippen molar-refractivity contribution in [3.8, 4) is 0 Å². The SMILES string of the molecule is C=CCN(CC(=O)NC1CCC(C)CC1)Cc1cccs1. The lowest BCUT2D eigenvalue weighted by Gasteiger charge is -2.28. The molecule has 1 heterocycles. The summed E-state index contributed by atoms with van der Waals surface area (Å²) in [6.07, 6.45) is 6.58. The van der Waals surface area contributed by atoms with Gasteiger partial charge in [-0.3, -0.25) is 9.69 Å². The Morgan fingerprint density at radius 2 is 2.24 bits per heavy atom. The second-order valence-corrected chi connectivity index (χ2v) is 7.09. The van der Waals surface area contributed by atoms with Gasteiger partial charge in [-0.25, -0.2) is 0 Å². The van der Waals surface area contributed by atoms with Crippen molar-refractivity contribution in [2.45, 2.75) is 45.2 Å². The lowest BCUT2D eigenvalue weighted by Crippen LogP contribution is -2.43. The molecule has 3 nitrogen and oxygen atoms in total.